The van der Waals surface area contributed by atoms with Crippen molar-refractivity contribution in [2.45, 2.75) is 19.9 Å². The first-order valence-corrected chi connectivity index (χ1v) is 10.6. The molecule has 1 aromatic carbocycles. The molecule has 3 aromatic rings. The van der Waals surface area contributed by atoms with E-state index < -0.39 is 5.91 Å². The van der Waals surface area contributed by atoms with Crippen LogP contribution in [0.15, 0.2) is 12.1 Å². The number of nitrogens with two attached hydrogens (primary N) is 1. The number of nitrogens with zero attached hydrogens (tertiary/aromatic N) is 2. The number of methoxy groups -OCH3 is 2. The van der Waals surface area contributed by atoms with E-state index in [4.69, 9.17) is 15.2 Å². The van der Waals surface area contributed by atoms with Crippen LogP contribution in [0.1, 0.15) is 27.7 Å². The van der Waals surface area contributed by atoms with E-state index in [1.54, 1.807) is 25.6 Å². The molecular formula is C19H22N4O3S2. The predicted octanol–water partition coefficient (Wildman–Crippen LogP) is 3.60. The lowest BCUT2D eigenvalue weighted by Gasteiger charge is -2.25. The molecule has 9 heteroatoms. The Bertz CT molecular complexity index is 1040. The Balaban J connectivity index is 1.73. The second-order valence-electron chi connectivity index (χ2n) is 6.51. The minimum Gasteiger partial charge on any atom is -0.497 e. The van der Waals surface area contributed by atoms with Gasteiger partial charge in [-0.3, -0.25) is 9.69 Å². The van der Waals surface area contributed by atoms with Crippen LogP contribution in [0.25, 0.3) is 10.2 Å². The van der Waals surface area contributed by atoms with E-state index in [1.165, 1.54) is 16.2 Å². The number of likely N-dealkylation sites (N-methyl/N-ethyl adjacent to an activating group) is 1. The van der Waals surface area contributed by atoms with Gasteiger partial charge in [-0.05, 0) is 24.6 Å². The normalized spacial score (nSPS) is 14.1. The van der Waals surface area contributed by atoms with Crippen molar-refractivity contribution in [2.75, 3.05) is 32.6 Å². The van der Waals surface area contributed by atoms with E-state index in [2.05, 4.69) is 22.1 Å². The number of primary amides is 1. The zero-order valence-corrected chi connectivity index (χ0v) is 17.6. The number of nitrogens with one attached hydrogen (secondary N) is 1. The Hall–Kier alpha value is -2.36. The van der Waals surface area contributed by atoms with Gasteiger partial charge < -0.3 is 20.5 Å². The van der Waals surface area contributed by atoms with Gasteiger partial charge in [0.25, 0.3) is 5.91 Å². The minimum atomic E-state index is -0.398. The number of aromatic nitrogens is 1. The van der Waals surface area contributed by atoms with Crippen molar-refractivity contribution in [3.05, 3.63) is 28.1 Å². The van der Waals surface area contributed by atoms with Gasteiger partial charge in [0.2, 0.25) is 0 Å². The lowest BCUT2D eigenvalue weighted by Crippen LogP contribution is -2.30. The maximum Gasteiger partial charge on any atom is 0.251 e. The monoisotopic (exact) mass is 418 g/mol. The molecule has 3 heterocycles. The lowest BCUT2D eigenvalue weighted by molar-refractivity contribution is 0.1000. The number of thiophene rings is 1. The summed E-state index contributed by atoms with van der Waals surface area (Å²) in [7, 11) is 3.23. The number of carbonyl (C=O) groups is 1. The smallest absolute Gasteiger partial charge is 0.251 e. The number of benzene rings is 1. The van der Waals surface area contributed by atoms with Crippen molar-refractivity contribution in [1.82, 2.24) is 9.88 Å². The van der Waals surface area contributed by atoms with E-state index in [1.807, 2.05) is 12.1 Å². The number of ether oxygens (including phenoxy) is 2. The van der Waals surface area contributed by atoms with E-state index in [-0.39, 0.29) is 0 Å². The highest BCUT2D eigenvalue weighted by Crippen LogP contribution is 2.41. The molecule has 0 radical (unpaired) electrons. The number of carbonyl (C=O) groups excluding carboxylic acids is 1. The van der Waals surface area contributed by atoms with Gasteiger partial charge in [-0.15, -0.1) is 11.3 Å². The summed E-state index contributed by atoms with van der Waals surface area (Å²) in [5.41, 5.74) is 8.15. The average Bonchev–Trinajstić information content (AvgIpc) is 3.26. The second-order valence-corrected chi connectivity index (χ2v) is 8.65. The molecule has 0 aliphatic carbocycles. The van der Waals surface area contributed by atoms with Gasteiger partial charge in [0.15, 0.2) is 5.13 Å². The Morgan fingerprint density at radius 3 is 2.82 bits per heavy atom. The largest absolute Gasteiger partial charge is 0.497 e. The summed E-state index contributed by atoms with van der Waals surface area (Å²) in [6.45, 7) is 4.93. The van der Waals surface area contributed by atoms with E-state index in [0.29, 0.717) is 22.2 Å². The van der Waals surface area contributed by atoms with E-state index in [0.717, 1.165) is 46.8 Å². The SMILES string of the molecule is CCN1CCc2c(sc(Nc3nc4c(OC)cc(OC)cc4s3)c2C(N)=O)C1. The Labute approximate surface area is 171 Å². The first-order valence-electron chi connectivity index (χ1n) is 9.00. The summed E-state index contributed by atoms with van der Waals surface area (Å²) in [5.74, 6) is 0.965. The minimum absolute atomic E-state index is 0.398. The van der Waals surface area contributed by atoms with Gasteiger partial charge in [-0.1, -0.05) is 18.3 Å². The molecule has 1 aliphatic rings. The molecule has 0 saturated carbocycles. The Morgan fingerprint density at radius 1 is 1.32 bits per heavy atom. The van der Waals surface area contributed by atoms with Gasteiger partial charge in [-0.2, -0.15) is 0 Å². The zero-order chi connectivity index (χ0) is 19.8. The summed E-state index contributed by atoms with van der Waals surface area (Å²) < 4.78 is 11.7. The molecule has 3 N–H and O–H groups in total. The fourth-order valence-electron chi connectivity index (χ4n) is 3.47. The molecule has 2 aromatic heterocycles. The van der Waals surface area contributed by atoms with Crippen LogP contribution in [0.5, 0.6) is 11.5 Å². The lowest BCUT2D eigenvalue weighted by atomic mass is 10.0. The third-order valence-electron chi connectivity index (χ3n) is 4.94. The highest BCUT2D eigenvalue weighted by atomic mass is 32.1. The van der Waals surface area contributed by atoms with Crippen LogP contribution in [0.4, 0.5) is 10.1 Å². The van der Waals surface area contributed by atoms with E-state index in [9.17, 15) is 4.79 Å². The van der Waals surface area contributed by atoms with Gasteiger partial charge in [0, 0.05) is 24.0 Å². The third kappa shape index (κ3) is 3.30. The molecule has 1 aliphatic heterocycles. The highest BCUT2D eigenvalue weighted by molar-refractivity contribution is 7.23. The Kier molecular flexibility index (Phi) is 5.13. The van der Waals surface area contributed by atoms with Crippen molar-refractivity contribution in [1.29, 1.82) is 0 Å². The maximum atomic E-state index is 12.2. The number of thiazole rings is 1. The van der Waals surface area contributed by atoms with Crippen molar-refractivity contribution < 1.29 is 14.3 Å². The van der Waals surface area contributed by atoms with Crippen molar-refractivity contribution >= 4 is 48.9 Å². The van der Waals surface area contributed by atoms with Crippen LogP contribution < -0.4 is 20.5 Å². The average molecular weight is 419 g/mol. The van der Waals surface area contributed by atoms with Crippen LogP contribution in [0.2, 0.25) is 0 Å². The fraction of sp³-hybridized carbons (Fsp3) is 0.368. The molecule has 0 unspecified atom stereocenters. The molecule has 0 saturated heterocycles. The van der Waals surface area contributed by atoms with Crippen LogP contribution in [-0.2, 0) is 13.0 Å². The third-order valence-corrected chi connectivity index (χ3v) is 6.99. The summed E-state index contributed by atoms with van der Waals surface area (Å²) in [6.07, 6.45) is 0.838. The van der Waals surface area contributed by atoms with Crippen LogP contribution in [0.3, 0.4) is 0 Å². The van der Waals surface area contributed by atoms with Gasteiger partial charge in [-0.25, -0.2) is 4.98 Å². The number of amides is 1. The number of fused-ring (bicyclic) bond motifs is 2. The Morgan fingerprint density at radius 2 is 2.14 bits per heavy atom. The number of hydrogen-bond acceptors (Lipinski definition) is 8. The molecule has 148 valence electrons. The van der Waals surface area contributed by atoms with Gasteiger partial charge >= 0.3 is 0 Å². The number of rotatable bonds is 6. The first kappa shape index (κ1) is 19.0. The summed E-state index contributed by atoms with van der Waals surface area (Å²) in [5, 5.41) is 4.79. The molecule has 7 nitrogen and oxygen atoms in total. The number of anilines is 2. The first-order chi connectivity index (χ1) is 13.5. The molecule has 0 fully saturated rings. The molecular weight excluding hydrogens is 396 g/mol. The predicted molar refractivity (Wildman–Crippen MR) is 113 cm³/mol. The highest BCUT2D eigenvalue weighted by Gasteiger charge is 2.27. The summed E-state index contributed by atoms with van der Waals surface area (Å²) >= 11 is 3.07. The van der Waals surface area contributed by atoms with Crippen LogP contribution in [0, 0.1) is 0 Å². The molecule has 1 amide bonds. The maximum absolute atomic E-state index is 12.2. The summed E-state index contributed by atoms with van der Waals surface area (Å²) in [6, 6.07) is 3.73. The molecule has 0 bridgehead atoms. The van der Waals surface area contributed by atoms with Crippen molar-refractivity contribution in [2.24, 2.45) is 5.73 Å². The number of hydrogen-bond donors (Lipinski definition) is 2. The quantitative estimate of drug-likeness (QED) is 0.636. The zero-order valence-electron chi connectivity index (χ0n) is 16.0. The van der Waals surface area contributed by atoms with Gasteiger partial charge in [0.1, 0.15) is 22.0 Å². The summed E-state index contributed by atoms with van der Waals surface area (Å²) in [4.78, 5) is 20.4. The second kappa shape index (κ2) is 7.57. The standard InChI is InChI=1S/C19H22N4O3S2/c1-4-23-6-5-11-14(9-23)27-18(15(11)17(20)24)22-19-21-16-12(26-3)7-10(25-2)8-13(16)28-19/h7-8H,4-6,9H2,1-3H3,(H2,20,24)(H,21,22). The molecule has 28 heavy (non-hydrogen) atoms. The topological polar surface area (TPSA) is 89.7 Å². The van der Waals surface area contributed by atoms with Gasteiger partial charge in [0.05, 0.1) is 24.5 Å². The molecule has 0 atom stereocenters. The van der Waals surface area contributed by atoms with Crippen LogP contribution in [-0.4, -0.2) is 43.1 Å². The molecule has 0 spiro atoms. The van der Waals surface area contributed by atoms with Crippen molar-refractivity contribution in [3.8, 4) is 11.5 Å². The fourth-order valence-corrected chi connectivity index (χ4v) is 5.75. The van der Waals surface area contributed by atoms with Crippen molar-refractivity contribution in [3.63, 3.8) is 0 Å². The van der Waals surface area contributed by atoms with E-state index >= 15 is 0 Å². The molecule has 4 rings (SSSR count). The van der Waals surface area contributed by atoms with Crippen LogP contribution >= 0.6 is 22.7 Å².